The largest absolute Gasteiger partial charge is 0.507 e. The maximum atomic E-state index is 10.7. The molecule has 3 heteroatoms. The number of phenols is 2. The van der Waals surface area contributed by atoms with Gasteiger partial charge >= 0.3 is 0 Å². The Hall–Kier alpha value is -1.48. The summed E-state index contributed by atoms with van der Waals surface area (Å²) in [7, 11) is 0. The van der Waals surface area contributed by atoms with Gasteiger partial charge in [-0.25, -0.2) is 0 Å². The lowest BCUT2D eigenvalue weighted by Gasteiger charge is -2.38. The second-order valence-corrected chi connectivity index (χ2v) is 8.23. The van der Waals surface area contributed by atoms with Crippen LogP contribution in [0, 0.1) is 5.92 Å². The summed E-state index contributed by atoms with van der Waals surface area (Å²) >= 11 is 0. The zero-order valence-electron chi connectivity index (χ0n) is 19.4. The fourth-order valence-electron chi connectivity index (χ4n) is 4.08. The van der Waals surface area contributed by atoms with Crippen molar-refractivity contribution in [3.8, 4) is 11.5 Å². The van der Waals surface area contributed by atoms with Crippen molar-refractivity contribution < 1.29 is 19.4 Å². The molecule has 1 aromatic carbocycles. The number of unbranched alkanes of at least 4 members (excludes halogenated alkanes) is 4. The lowest BCUT2D eigenvalue weighted by molar-refractivity contribution is 0.00421. The molecule has 1 aliphatic rings. The summed E-state index contributed by atoms with van der Waals surface area (Å²) < 4.78 is 23.2. The summed E-state index contributed by atoms with van der Waals surface area (Å²) in [5.74, 6) is -0.922. The minimum Gasteiger partial charge on any atom is -0.507 e. The first kappa shape index (κ1) is 16.7. The van der Waals surface area contributed by atoms with Crippen LogP contribution in [0.15, 0.2) is 23.8 Å². The molecular formula is C23H36O3. The van der Waals surface area contributed by atoms with Gasteiger partial charge in [0, 0.05) is 15.6 Å². The van der Waals surface area contributed by atoms with E-state index < -0.39 is 18.4 Å². The average Bonchev–Trinajstić information content (AvgIpc) is 2.59. The summed E-state index contributed by atoms with van der Waals surface area (Å²) in [5, 5.41) is 32.1. The molecule has 0 radical (unpaired) electrons. The molecule has 0 saturated heterocycles. The number of phenolic OH excluding ortho intramolecular Hbond substituents is 2. The molecule has 0 bridgehead atoms. The van der Waals surface area contributed by atoms with Crippen LogP contribution in [0.4, 0.5) is 0 Å². The number of hydrogen-bond acceptors (Lipinski definition) is 3. The van der Waals surface area contributed by atoms with Crippen molar-refractivity contribution >= 4 is 0 Å². The summed E-state index contributed by atoms with van der Waals surface area (Å²) in [6.07, 6.45) is 8.96. The predicted molar refractivity (Wildman–Crippen MR) is 108 cm³/mol. The first-order chi connectivity index (χ1) is 13.4. The molecule has 0 aromatic heterocycles. The SMILES string of the molecule is [2H]C([2H])([2H])C1=C[C@H](c2c(O)cc(CCCCCCC)cc2O)[C@@H](C(C)(C)O)CC1. The van der Waals surface area contributed by atoms with Crippen molar-refractivity contribution in [1.29, 1.82) is 0 Å². The normalized spacial score (nSPS) is 23.1. The van der Waals surface area contributed by atoms with E-state index in [0.717, 1.165) is 24.8 Å². The van der Waals surface area contributed by atoms with Crippen molar-refractivity contribution in [2.24, 2.45) is 5.92 Å². The number of hydrogen-bond donors (Lipinski definition) is 3. The number of rotatable bonds is 8. The molecule has 0 aliphatic heterocycles. The van der Waals surface area contributed by atoms with Crippen LogP contribution in [0.1, 0.15) is 93.7 Å². The Morgan fingerprint density at radius 2 is 1.77 bits per heavy atom. The topological polar surface area (TPSA) is 60.7 Å². The van der Waals surface area contributed by atoms with E-state index in [2.05, 4.69) is 6.92 Å². The standard InChI is InChI=1S/C23H36O3/c1-5-6-7-8-9-10-17-14-20(24)22(21(25)15-17)18-13-16(2)11-12-19(18)23(3,4)26/h13-15,18-19,24-26H,5-12H2,1-4H3/t18-,19-/m0/s1/i2D3. The van der Waals surface area contributed by atoms with E-state index in [1.165, 1.54) is 19.3 Å². The van der Waals surface area contributed by atoms with Crippen LogP contribution in [-0.4, -0.2) is 20.9 Å². The van der Waals surface area contributed by atoms with E-state index >= 15 is 0 Å². The zero-order valence-corrected chi connectivity index (χ0v) is 16.4. The summed E-state index contributed by atoms with van der Waals surface area (Å²) in [6.45, 7) is 3.34. The third-order valence-corrected chi connectivity index (χ3v) is 5.54. The van der Waals surface area contributed by atoms with Gasteiger partial charge in [-0.05, 0) is 70.0 Å². The maximum Gasteiger partial charge on any atom is 0.123 e. The molecule has 1 aliphatic carbocycles. The molecule has 0 saturated carbocycles. The quantitative estimate of drug-likeness (QED) is 0.403. The van der Waals surface area contributed by atoms with Crippen LogP contribution in [0.25, 0.3) is 0 Å². The lowest BCUT2D eigenvalue weighted by Crippen LogP contribution is -2.36. The fraction of sp³-hybridized carbons (Fsp3) is 0.652. The average molecular weight is 364 g/mol. The zero-order chi connectivity index (χ0) is 21.8. The van der Waals surface area contributed by atoms with Crippen molar-refractivity contribution in [1.82, 2.24) is 0 Å². The second-order valence-electron chi connectivity index (χ2n) is 8.23. The van der Waals surface area contributed by atoms with Crippen LogP contribution in [0.2, 0.25) is 0 Å². The molecule has 3 N–H and O–H groups in total. The lowest BCUT2D eigenvalue weighted by atomic mass is 9.69. The Balaban J connectivity index is 2.33. The van der Waals surface area contributed by atoms with Gasteiger partial charge in [0.25, 0.3) is 0 Å². The summed E-state index contributed by atoms with van der Waals surface area (Å²) in [5.41, 5.74) is 0.434. The summed E-state index contributed by atoms with van der Waals surface area (Å²) in [6, 6.07) is 3.35. The van der Waals surface area contributed by atoms with E-state index in [-0.39, 0.29) is 17.4 Å². The molecule has 2 atom stereocenters. The highest BCUT2D eigenvalue weighted by Gasteiger charge is 2.38. The Kier molecular flexibility index (Phi) is 5.74. The fourth-order valence-corrected chi connectivity index (χ4v) is 4.08. The smallest absolute Gasteiger partial charge is 0.123 e. The van der Waals surface area contributed by atoms with Gasteiger partial charge in [0.2, 0.25) is 0 Å². The highest BCUT2D eigenvalue weighted by Crippen LogP contribution is 2.47. The third kappa shape index (κ3) is 5.26. The first-order valence-corrected chi connectivity index (χ1v) is 9.93. The van der Waals surface area contributed by atoms with Gasteiger partial charge in [0.05, 0.1) is 5.60 Å². The number of benzene rings is 1. The van der Waals surface area contributed by atoms with Crippen LogP contribution in [-0.2, 0) is 6.42 Å². The summed E-state index contributed by atoms with van der Waals surface area (Å²) in [4.78, 5) is 0. The molecular weight excluding hydrogens is 324 g/mol. The van der Waals surface area contributed by atoms with Crippen LogP contribution < -0.4 is 0 Å². The third-order valence-electron chi connectivity index (χ3n) is 5.54. The van der Waals surface area contributed by atoms with Crippen molar-refractivity contribution in [3.05, 3.63) is 34.9 Å². The molecule has 0 unspecified atom stereocenters. The number of aryl methyl sites for hydroxylation is 1. The van der Waals surface area contributed by atoms with E-state index in [0.29, 0.717) is 24.0 Å². The number of allylic oxidation sites excluding steroid dienone is 2. The van der Waals surface area contributed by atoms with E-state index in [1.807, 2.05) is 0 Å². The van der Waals surface area contributed by atoms with Gasteiger partial charge in [-0.3, -0.25) is 0 Å². The van der Waals surface area contributed by atoms with Gasteiger partial charge in [0.15, 0.2) is 0 Å². The molecule has 0 heterocycles. The van der Waals surface area contributed by atoms with Crippen LogP contribution in [0.3, 0.4) is 0 Å². The number of aliphatic hydroxyl groups is 1. The van der Waals surface area contributed by atoms with Gasteiger partial charge in [-0.15, -0.1) is 0 Å². The van der Waals surface area contributed by atoms with Crippen molar-refractivity contribution in [3.63, 3.8) is 0 Å². The van der Waals surface area contributed by atoms with Crippen LogP contribution >= 0.6 is 0 Å². The Morgan fingerprint density at radius 3 is 2.35 bits per heavy atom. The number of aromatic hydroxyl groups is 2. The van der Waals surface area contributed by atoms with E-state index in [1.54, 1.807) is 32.1 Å². The van der Waals surface area contributed by atoms with E-state index in [4.69, 9.17) is 4.11 Å². The second kappa shape index (κ2) is 8.94. The van der Waals surface area contributed by atoms with Crippen molar-refractivity contribution in [2.45, 2.75) is 90.5 Å². The van der Waals surface area contributed by atoms with Crippen LogP contribution in [0.5, 0.6) is 11.5 Å². The maximum absolute atomic E-state index is 10.7. The minimum absolute atomic E-state index is 0.0316. The molecule has 1 aromatic rings. The Morgan fingerprint density at radius 1 is 1.12 bits per heavy atom. The highest BCUT2D eigenvalue weighted by atomic mass is 16.3. The Labute approximate surface area is 163 Å². The highest BCUT2D eigenvalue weighted by molar-refractivity contribution is 5.51. The minimum atomic E-state index is -2.22. The van der Waals surface area contributed by atoms with Gasteiger partial charge < -0.3 is 15.3 Å². The Bertz CT molecular complexity index is 694. The molecule has 146 valence electrons. The van der Waals surface area contributed by atoms with E-state index in [9.17, 15) is 15.3 Å². The van der Waals surface area contributed by atoms with Gasteiger partial charge in [-0.1, -0.05) is 44.3 Å². The molecule has 26 heavy (non-hydrogen) atoms. The predicted octanol–water partition coefficient (Wildman–Crippen LogP) is 5.82. The molecule has 0 amide bonds. The molecule has 2 rings (SSSR count). The van der Waals surface area contributed by atoms with Gasteiger partial charge in [0.1, 0.15) is 11.5 Å². The monoisotopic (exact) mass is 363 g/mol. The molecule has 3 nitrogen and oxygen atoms in total. The molecule has 0 fully saturated rings. The first-order valence-electron chi connectivity index (χ1n) is 11.4. The van der Waals surface area contributed by atoms with Crippen molar-refractivity contribution in [2.75, 3.05) is 0 Å². The van der Waals surface area contributed by atoms with Gasteiger partial charge in [-0.2, -0.15) is 0 Å². The molecule has 0 spiro atoms.